The Labute approximate surface area is 126 Å². The summed E-state index contributed by atoms with van der Waals surface area (Å²) in [5, 5.41) is 5.48. The van der Waals surface area contributed by atoms with Crippen molar-refractivity contribution >= 4 is 34.5 Å². The number of carbonyl (C=O) groups is 1. The molecule has 6 heteroatoms. The first kappa shape index (κ1) is 15.1. The van der Waals surface area contributed by atoms with Gasteiger partial charge in [0.05, 0.1) is 5.69 Å². The molecule has 0 saturated carbocycles. The van der Waals surface area contributed by atoms with E-state index in [4.69, 9.17) is 12.2 Å². The van der Waals surface area contributed by atoms with Gasteiger partial charge in [0.15, 0.2) is 10.9 Å². The monoisotopic (exact) mass is 306 g/mol. The minimum atomic E-state index is -0.613. The Balaban J connectivity index is 2.10. The average Bonchev–Trinajstić information content (AvgIpc) is 2.43. The van der Waals surface area contributed by atoms with Crippen LogP contribution in [0.4, 0.5) is 20.2 Å². The van der Waals surface area contributed by atoms with E-state index in [0.717, 1.165) is 18.2 Å². The van der Waals surface area contributed by atoms with E-state index in [1.165, 1.54) is 6.92 Å². The van der Waals surface area contributed by atoms with Crippen molar-refractivity contribution < 1.29 is 13.6 Å². The lowest BCUT2D eigenvalue weighted by Crippen LogP contribution is -2.20. The number of ketones is 1. The van der Waals surface area contributed by atoms with Crippen LogP contribution in [-0.2, 0) is 0 Å². The van der Waals surface area contributed by atoms with Crippen LogP contribution in [-0.4, -0.2) is 10.9 Å². The lowest BCUT2D eigenvalue weighted by Gasteiger charge is -2.11. The van der Waals surface area contributed by atoms with E-state index >= 15 is 0 Å². The first-order chi connectivity index (χ1) is 9.95. The zero-order valence-corrected chi connectivity index (χ0v) is 11.9. The summed E-state index contributed by atoms with van der Waals surface area (Å²) in [6.07, 6.45) is 0. The number of carbonyl (C=O) groups excluding carboxylic acids is 1. The summed E-state index contributed by atoms with van der Waals surface area (Å²) in [5.41, 5.74) is 1.05. The first-order valence-corrected chi connectivity index (χ1v) is 6.50. The summed E-state index contributed by atoms with van der Waals surface area (Å²) in [7, 11) is 0. The second-order valence-corrected chi connectivity index (χ2v) is 4.75. The van der Waals surface area contributed by atoms with Crippen LogP contribution in [0, 0.1) is 11.6 Å². The molecular weight excluding hydrogens is 294 g/mol. The predicted molar refractivity (Wildman–Crippen MR) is 82.6 cm³/mol. The maximum absolute atomic E-state index is 13.5. The van der Waals surface area contributed by atoms with Gasteiger partial charge in [-0.2, -0.15) is 0 Å². The summed E-state index contributed by atoms with van der Waals surface area (Å²) in [6.45, 7) is 1.46. The van der Waals surface area contributed by atoms with Crippen LogP contribution in [0.25, 0.3) is 0 Å². The molecular formula is C15H12F2N2OS. The molecule has 0 bridgehead atoms. The van der Waals surface area contributed by atoms with Crippen molar-refractivity contribution in [3.8, 4) is 0 Å². The highest BCUT2D eigenvalue weighted by Gasteiger charge is 2.07. The molecule has 0 aliphatic heterocycles. The van der Waals surface area contributed by atoms with E-state index in [2.05, 4.69) is 10.6 Å². The summed E-state index contributed by atoms with van der Waals surface area (Å²) < 4.78 is 26.5. The van der Waals surface area contributed by atoms with Gasteiger partial charge in [0.25, 0.3) is 0 Å². The standard InChI is InChI=1S/C15H12F2N2OS/c1-9(20)10-3-2-4-12(7-10)18-15(21)19-14-8-11(16)5-6-13(14)17/h2-8H,1H3,(H2,18,19,21). The third kappa shape index (κ3) is 4.06. The SMILES string of the molecule is CC(=O)c1cccc(NC(=S)Nc2cc(F)ccc2F)c1. The Bertz CT molecular complexity index is 704. The molecule has 0 saturated heterocycles. The van der Waals surface area contributed by atoms with Gasteiger partial charge in [0.2, 0.25) is 0 Å². The van der Waals surface area contributed by atoms with Gasteiger partial charge in [0.1, 0.15) is 11.6 Å². The number of hydrogen-bond donors (Lipinski definition) is 2. The maximum Gasteiger partial charge on any atom is 0.175 e. The maximum atomic E-state index is 13.5. The molecule has 0 aromatic heterocycles. The number of anilines is 2. The molecule has 0 spiro atoms. The number of thiocarbonyl (C=S) groups is 1. The van der Waals surface area contributed by atoms with E-state index in [1.807, 2.05) is 0 Å². The Kier molecular flexibility index (Phi) is 4.59. The fraction of sp³-hybridized carbons (Fsp3) is 0.0667. The van der Waals surface area contributed by atoms with Crippen LogP contribution in [0.2, 0.25) is 0 Å². The molecule has 0 aliphatic carbocycles. The molecule has 2 aromatic carbocycles. The van der Waals surface area contributed by atoms with Gasteiger partial charge in [-0.15, -0.1) is 0 Å². The third-order valence-corrected chi connectivity index (χ3v) is 2.91. The minimum Gasteiger partial charge on any atom is -0.332 e. The van der Waals surface area contributed by atoms with Crippen LogP contribution >= 0.6 is 12.2 Å². The minimum absolute atomic E-state index is 0.0600. The smallest absolute Gasteiger partial charge is 0.175 e. The highest BCUT2D eigenvalue weighted by atomic mass is 32.1. The molecule has 0 heterocycles. The van der Waals surface area contributed by atoms with E-state index in [0.29, 0.717) is 11.3 Å². The molecule has 0 fully saturated rings. The summed E-state index contributed by atoms with van der Waals surface area (Å²) in [6, 6.07) is 9.75. The molecule has 108 valence electrons. The predicted octanol–water partition coefficient (Wildman–Crippen LogP) is 3.98. The number of benzene rings is 2. The molecule has 0 amide bonds. The Morgan fingerprint density at radius 1 is 1.10 bits per heavy atom. The fourth-order valence-electron chi connectivity index (χ4n) is 1.69. The Morgan fingerprint density at radius 3 is 2.57 bits per heavy atom. The number of rotatable bonds is 3. The van der Waals surface area contributed by atoms with E-state index < -0.39 is 11.6 Å². The van der Waals surface area contributed by atoms with Crippen LogP contribution < -0.4 is 10.6 Å². The molecule has 2 aromatic rings. The van der Waals surface area contributed by atoms with Crippen LogP contribution in [0.3, 0.4) is 0 Å². The number of halogens is 2. The van der Waals surface area contributed by atoms with Crippen molar-refractivity contribution in [3.63, 3.8) is 0 Å². The van der Waals surface area contributed by atoms with Crippen molar-refractivity contribution in [2.75, 3.05) is 10.6 Å². The number of Topliss-reactive ketones (excluding diaryl/α,β-unsaturated/α-hetero) is 1. The Hall–Kier alpha value is -2.34. The molecule has 0 aliphatic rings. The fourth-order valence-corrected chi connectivity index (χ4v) is 1.92. The second kappa shape index (κ2) is 6.41. The van der Waals surface area contributed by atoms with Crippen LogP contribution in [0.1, 0.15) is 17.3 Å². The summed E-state index contributed by atoms with van der Waals surface area (Å²) in [4.78, 5) is 11.3. The average molecular weight is 306 g/mol. The number of hydrogen-bond acceptors (Lipinski definition) is 2. The molecule has 2 rings (SSSR count). The topological polar surface area (TPSA) is 41.1 Å². The highest BCUT2D eigenvalue weighted by Crippen LogP contribution is 2.16. The van der Waals surface area contributed by atoms with Gasteiger partial charge in [-0.1, -0.05) is 12.1 Å². The number of nitrogens with one attached hydrogen (secondary N) is 2. The quantitative estimate of drug-likeness (QED) is 0.665. The van der Waals surface area contributed by atoms with E-state index in [9.17, 15) is 13.6 Å². The Morgan fingerprint density at radius 2 is 1.86 bits per heavy atom. The lowest BCUT2D eigenvalue weighted by atomic mass is 10.1. The molecule has 3 nitrogen and oxygen atoms in total. The van der Waals surface area contributed by atoms with Gasteiger partial charge in [-0.25, -0.2) is 8.78 Å². The van der Waals surface area contributed by atoms with Crippen LogP contribution in [0.15, 0.2) is 42.5 Å². The summed E-state index contributed by atoms with van der Waals surface area (Å²) >= 11 is 5.03. The summed E-state index contributed by atoms with van der Waals surface area (Å²) in [5.74, 6) is -1.26. The second-order valence-electron chi connectivity index (χ2n) is 4.34. The van der Waals surface area contributed by atoms with Crippen molar-refractivity contribution in [1.29, 1.82) is 0 Å². The van der Waals surface area contributed by atoms with Gasteiger partial charge in [-0.3, -0.25) is 4.79 Å². The van der Waals surface area contributed by atoms with Crippen molar-refractivity contribution in [3.05, 3.63) is 59.7 Å². The highest BCUT2D eigenvalue weighted by molar-refractivity contribution is 7.80. The zero-order chi connectivity index (χ0) is 15.4. The molecule has 0 unspecified atom stereocenters. The van der Waals surface area contributed by atoms with Gasteiger partial charge in [0, 0.05) is 17.3 Å². The molecule has 2 N–H and O–H groups in total. The van der Waals surface area contributed by atoms with Crippen LogP contribution in [0.5, 0.6) is 0 Å². The first-order valence-electron chi connectivity index (χ1n) is 6.10. The normalized spacial score (nSPS) is 10.0. The zero-order valence-electron chi connectivity index (χ0n) is 11.1. The van der Waals surface area contributed by atoms with Crippen molar-refractivity contribution in [2.45, 2.75) is 6.92 Å². The lowest BCUT2D eigenvalue weighted by molar-refractivity contribution is 0.101. The van der Waals surface area contributed by atoms with E-state index in [-0.39, 0.29) is 16.6 Å². The van der Waals surface area contributed by atoms with Gasteiger partial charge < -0.3 is 10.6 Å². The third-order valence-electron chi connectivity index (χ3n) is 2.70. The van der Waals surface area contributed by atoms with Crippen molar-refractivity contribution in [2.24, 2.45) is 0 Å². The molecule has 0 atom stereocenters. The largest absolute Gasteiger partial charge is 0.332 e. The van der Waals surface area contributed by atoms with Crippen molar-refractivity contribution in [1.82, 2.24) is 0 Å². The van der Waals surface area contributed by atoms with Gasteiger partial charge >= 0.3 is 0 Å². The van der Waals surface area contributed by atoms with Gasteiger partial charge in [-0.05, 0) is 43.4 Å². The molecule has 21 heavy (non-hydrogen) atoms. The molecule has 0 radical (unpaired) electrons. The van der Waals surface area contributed by atoms with E-state index in [1.54, 1.807) is 24.3 Å².